The van der Waals surface area contributed by atoms with Crippen LogP contribution in [0.1, 0.15) is 76.1 Å². The van der Waals surface area contributed by atoms with Crippen molar-refractivity contribution in [2.75, 3.05) is 25.0 Å². The Labute approximate surface area is 239 Å². The van der Waals surface area contributed by atoms with Gasteiger partial charge >= 0.3 is 12.1 Å². The second-order valence-corrected chi connectivity index (χ2v) is 12.1. The highest BCUT2D eigenvalue weighted by atomic mass is 32.1. The fourth-order valence-corrected chi connectivity index (χ4v) is 5.86. The van der Waals surface area contributed by atoms with Crippen LogP contribution >= 0.6 is 11.3 Å². The van der Waals surface area contributed by atoms with Gasteiger partial charge in [0.05, 0.1) is 11.8 Å². The number of carbonyl (C=O) groups excluding carboxylic acids is 3. The number of hydrogen-bond acceptors (Lipinski definition) is 8. The Morgan fingerprint density at radius 3 is 2.40 bits per heavy atom. The molecular formula is C29H38N6O4S. The molecule has 0 bridgehead atoms. The van der Waals surface area contributed by atoms with Crippen LogP contribution < -0.4 is 10.6 Å². The number of piperidine rings is 1. The van der Waals surface area contributed by atoms with Crippen LogP contribution in [0, 0.1) is 11.3 Å². The number of nitrogens with zero attached hydrogens (tertiary/aromatic N) is 4. The number of anilines is 1. The van der Waals surface area contributed by atoms with E-state index in [-0.39, 0.29) is 30.6 Å². The molecule has 1 saturated carbocycles. The number of likely N-dealkylation sites (tertiary alicyclic amines) is 1. The molecule has 2 aromatic rings. The Hall–Kier alpha value is -3.65. The van der Waals surface area contributed by atoms with E-state index in [0.29, 0.717) is 18.7 Å². The van der Waals surface area contributed by atoms with Gasteiger partial charge in [0.15, 0.2) is 5.13 Å². The number of rotatable bonds is 6. The maximum absolute atomic E-state index is 13.4. The summed E-state index contributed by atoms with van der Waals surface area (Å²) in [5.41, 5.74) is 1.59. The number of urea groups is 1. The van der Waals surface area contributed by atoms with Gasteiger partial charge in [0.2, 0.25) is 0 Å². The lowest BCUT2D eigenvalue weighted by molar-refractivity contribution is 0.0210. The van der Waals surface area contributed by atoms with Crippen LogP contribution in [-0.2, 0) is 4.74 Å². The zero-order chi connectivity index (χ0) is 28.7. The summed E-state index contributed by atoms with van der Waals surface area (Å²) >= 11 is 1.52. The molecular weight excluding hydrogens is 528 g/mol. The molecule has 2 heterocycles. The van der Waals surface area contributed by atoms with E-state index in [1.807, 2.05) is 44.4 Å². The average molecular weight is 567 g/mol. The molecule has 4 amide bonds. The van der Waals surface area contributed by atoms with E-state index < -0.39 is 11.6 Å². The Kier molecular flexibility index (Phi) is 9.63. The van der Waals surface area contributed by atoms with Crippen LogP contribution in [0.2, 0.25) is 0 Å². The second kappa shape index (κ2) is 13.1. The standard InChI is InChI=1S/C29H38N6O4S/c1-29(2,3)39-28(38)34-17-13-22(14-18-34)32-26-33-24(19-40-26)20-9-11-21(12-10-20)25(36)35(27(37)31-16-15-30)23-7-5-4-6-8-23/h9-12,19,22-23H,4-8,13-14,16-18H2,1-3H3,(H,31,37)(H,32,33). The average Bonchev–Trinajstić information content (AvgIpc) is 3.40. The Morgan fingerprint density at radius 2 is 1.77 bits per heavy atom. The van der Waals surface area contributed by atoms with Gasteiger partial charge in [-0.05, 0) is 58.6 Å². The fourth-order valence-electron chi connectivity index (χ4n) is 5.07. The smallest absolute Gasteiger partial charge is 0.410 e. The Morgan fingerprint density at radius 1 is 1.10 bits per heavy atom. The van der Waals surface area contributed by atoms with Gasteiger partial charge in [0.25, 0.3) is 5.91 Å². The third-order valence-corrected chi connectivity index (χ3v) is 7.88. The van der Waals surface area contributed by atoms with Crippen molar-refractivity contribution < 1.29 is 19.1 Å². The van der Waals surface area contributed by atoms with E-state index >= 15 is 0 Å². The third-order valence-electron chi connectivity index (χ3n) is 7.10. The molecule has 2 N–H and O–H groups in total. The number of thiazole rings is 1. The lowest BCUT2D eigenvalue weighted by Crippen LogP contribution is -2.50. The van der Waals surface area contributed by atoms with Gasteiger partial charge in [0, 0.05) is 41.7 Å². The summed E-state index contributed by atoms with van der Waals surface area (Å²) in [6, 6.07) is 8.58. The molecule has 11 heteroatoms. The molecule has 1 aromatic carbocycles. The van der Waals surface area contributed by atoms with E-state index in [1.54, 1.807) is 17.0 Å². The predicted molar refractivity (Wildman–Crippen MR) is 154 cm³/mol. The first kappa shape index (κ1) is 29.3. The molecule has 40 heavy (non-hydrogen) atoms. The van der Waals surface area contributed by atoms with Crippen molar-refractivity contribution in [3.8, 4) is 17.3 Å². The SMILES string of the molecule is CC(C)(C)OC(=O)N1CCC(Nc2nc(-c3ccc(C(=O)N(C(=O)NCC#N)C4CCCCC4)cc3)cs2)CC1. The van der Waals surface area contributed by atoms with Crippen LogP contribution in [0.4, 0.5) is 14.7 Å². The summed E-state index contributed by atoms with van der Waals surface area (Å²) in [4.78, 5) is 46.3. The number of aromatic nitrogens is 1. The van der Waals surface area contributed by atoms with Crippen LogP contribution in [0.3, 0.4) is 0 Å². The van der Waals surface area contributed by atoms with E-state index in [4.69, 9.17) is 15.0 Å². The van der Waals surface area contributed by atoms with Gasteiger partial charge < -0.3 is 20.3 Å². The lowest BCUT2D eigenvalue weighted by Gasteiger charge is -2.33. The van der Waals surface area contributed by atoms with Crippen molar-refractivity contribution in [3.05, 3.63) is 35.2 Å². The number of hydrogen-bond donors (Lipinski definition) is 2. The minimum absolute atomic E-state index is 0.142. The zero-order valence-corrected chi connectivity index (χ0v) is 24.3. The van der Waals surface area contributed by atoms with Crippen LogP contribution in [0.25, 0.3) is 11.3 Å². The normalized spacial score (nSPS) is 16.6. The number of nitrogens with one attached hydrogen (secondary N) is 2. The minimum Gasteiger partial charge on any atom is -0.444 e. The summed E-state index contributed by atoms with van der Waals surface area (Å²) in [5, 5.41) is 17.7. The highest BCUT2D eigenvalue weighted by Gasteiger charge is 2.32. The molecule has 4 rings (SSSR count). The van der Waals surface area contributed by atoms with Gasteiger partial charge in [-0.2, -0.15) is 5.26 Å². The molecule has 10 nitrogen and oxygen atoms in total. The number of nitriles is 1. The van der Waals surface area contributed by atoms with E-state index in [1.165, 1.54) is 16.2 Å². The van der Waals surface area contributed by atoms with Crippen molar-refractivity contribution in [3.63, 3.8) is 0 Å². The lowest BCUT2D eigenvalue weighted by atomic mass is 9.93. The van der Waals surface area contributed by atoms with Crippen LogP contribution in [-0.4, -0.2) is 70.1 Å². The maximum atomic E-state index is 13.4. The van der Waals surface area contributed by atoms with Gasteiger partial charge in [-0.1, -0.05) is 31.4 Å². The summed E-state index contributed by atoms with van der Waals surface area (Å²) in [5.74, 6) is -0.354. The van der Waals surface area contributed by atoms with Gasteiger partial charge in [-0.3, -0.25) is 9.69 Å². The van der Waals surface area contributed by atoms with Crippen molar-refractivity contribution in [2.45, 2.75) is 83.4 Å². The molecule has 0 radical (unpaired) electrons. The monoisotopic (exact) mass is 566 g/mol. The molecule has 1 aromatic heterocycles. The Bertz CT molecular complexity index is 1220. The van der Waals surface area contributed by atoms with Gasteiger partial charge in [0.1, 0.15) is 12.1 Å². The predicted octanol–water partition coefficient (Wildman–Crippen LogP) is 5.63. The number of amides is 4. The number of imide groups is 1. The van der Waals surface area contributed by atoms with E-state index in [0.717, 1.165) is 61.3 Å². The van der Waals surface area contributed by atoms with Crippen molar-refractivity contribution in [1.82, 2.24) is 20.1 Å². The molecule has 0 spiro atoms. The molecule has 2 fully saturated rings. The molecule has 214 valence electrons. The van der Waals surface area contributed by atoms with E-state index in [9.17, 15) is 14.4 Å². The molecule has 1 aliphatic heterocycles. The first-order valence-electron chi connectivity index (χ1n) is 13.9. The summed E-state index contributed by atoms with van der Waals surface area (Å²) in [6.45, 7) is 6.73. The quantitative estimate of drug-likeness (QED) is 0.434. The summed E-state index contributed by atoms with van der Waals surface area (Å²) in [7, 11) is 0. The molecule has 1 saturated heterocycles. The number of carbonyl (C=O) groups is 3. The molecule has 1 aliphatic carbocycles. The second-order valence-electron chi connectivity index (χ2n) is 11.3. The Balaban J connectivity index is 1.36. The molecule has 0 atom stereocenters. The van der Waals surface area contributed by atoms with E-state index in [2.05, 4.69) is 10.6 Å². The van der Waals surface area contributed by atoms with Crippen LogP contribution in [0.5, 0.6) is 0 Å². The highest BCUT2D eigenvalue weighted by Crippen LogP contribution is 2.29. The fraction of sp³-hybridized carbons (Fsp3) is 0.552. The summed E-state index contributed by atoms with van der Waals surface area (Å²) in [6.07, 6.45) is 5.95. The number of benzene rings is 1. The van der Waals surface area contributed by atoms with Crippen molar-refractivity contribution >= 4 is 34.5 Å². The number of ether oxygens (including phenoxy) is 1. The highest BCUT2D eigenvalue weighted by molar-refractivity contribution is 7.14. The van der Waals surface area contributed by atoms with Crippen molar-refractivity contribution in [1.29, 1.82) is 5.26 Å². The molecule has 2 aliphatic rings. The van der Waals surface area contributed by atoms with Gasteiger partial charge in [-0.25, -0.2) is 14.6 Å². The first-order chi connectivity index (χ1) is 19.1. The van der Waals surface area contributed by atoms with Gasteiger partial charge in [-0.15, -0.1) is 11.3 Å². The third kappa shape index (κ3) is 7.72. The minimum atomic E-state index is -0.519. The largest absolute Gasteiger partial charge is 0.444 e. The topological polar surface area (TPSA) is 128 Å². The zero-order valence-electron chi connectivity index (χ0n) is 23.4. The first-order valence-corrected chi connectivity index (χ1v) is 14.8. The van der Waals surface area contributed by atoms with Crippen molar-refractivity contribution in [2.24, 2.45) is 0 Å². The maximum Gasteiger partial charge on any atom is 0.410 e. The molecule has 0 unspecified atom stereocenters. The summed E-state index contributed by atoms with van der Waals surface area (Å²) < 4.78 is 5.48. The van der Waals surface area contributed by atoms with Crippen LogP contribution in [0.15, 0.2) is 29.6 Å².